The number of carbonyl (C=O) groups excluding carboxylic acids is 1. The van der Waals surface area contributed by atoms with Gasteiger partial charge in [-0.05, 0) is 12.5 Å². The summed E-state index contributed by atoms with van der Waals surface area (Å²) in [6, 6.07) is -0.139. The molecular weight excluding hydrogens is 297 g/mol. The van der Waals surface area contributed by atoms with Crippen LogP contribution in [0.2, 0.25) is 0 Å². The number of halogens is 5. The van der Waals surface area contributed by atoms with Crippen molar-refractivity contribution < 1.29 is 31.5 Å². The molecule has 2 atom stereocenters. The van der Waals surface area contributed by atoms with Crippen molar-refractivity contribution in [1.82, 2.24) is 5.32 Å². The number of alkyl halides is 3. The molecule has 3 nitrogen and oxygen atoms in total. The first kappa shape index (κ1) is 15.7. The van der Waals surface area contributed by atoms with Gasteiger partial charge in [0.2, 0.25) is 5.91 Å². The third-order valence-electron chi connectivity index (χ3n) is 3.21. The van der Waals surface area contributed by atoms with Gasteiger partial charge < -0.3 is 10.1 Å². The molecule has 0 spiro atoms. The van der Waals surface area contributed by atoms with E-state index in [4.69, 9.17) is 4.74 Å². The zero-order valence-corrected chi connectivity index (χ0v) is 10.7. The number of amides is 1. The normalized spacial score (nSPS) is 20.3. The number of carbonyl (C=O) groups is 1. The van der Waals surface area contributed by atoms with E-state index in [0.29, 0.717) is 12.5 Å². The molecule has 1 N–H and O–H groups in total. The van der Waals surface area contributed by atoms with Gasteiger partial charge in [-0.2, -0.15) is 13.2 Å². The van der Waals surface area contributed by atoms with E-state index in [1.807, 2.05) is 0 Å². The molecular formula is C13H12F5NO2. The Balaban J connectivity index is 2.26. The molecule has 0 unspecified atom stereocenters. The van der Waals surface area contributed by atoms with Crippen LogP contribution in [0, 0.1) is 17.6 Å². The number of hydrogen-bond acceptors (Lipinski definition) is 2. The van der Waals surface area contributed by atoms with Gasteiger partial charge in [-0.1, -0.05) is 12.1 Å². The Kier molecular flexibility index (Phi) is 4.46. The molecule has 0 radical (unpaired) electrons. The summed E-state index contributed by atoms with van der Waals surface area (Å²) in [5, 5.41) is 1.73. The summed E-state index contributed by atoms with van der Waals surface area (Å²) >= 11 is 0. The van der Waals surface area contributed by atoms with Crippen LogP contribution in [0.25, 0.3) is 0 Å². The van der Waals surface area contributed by atoms with Crippen molar-refractivity contribution in [1.29, 1.82) is 0 Å². The zero-order valence-electron chi connectivity index (χ0n) is 10.7. The molecule has 1 fully saturated rings. The van der Waals surface area contributed by atoms with Gasteiger partial charge in [0.25, 0.3) is 0 Å². The van der Waals surface area contributed by atoms with E-state index in [1.54, 1.807) is 5.32 Å². The number of rotatable bonds is 3. The van der Waals surface area contributed by atoms with E-state index in [-0.39, 0.29) is 13.2 Å². The number of ether oxygens (including phenoxy) is 1. The van der Waals surface area contributed by atoms with Crippen LogP contribution in [0.15, 0.2) is 18.2 Å². The quantitative estimate of drug-likeness (QED) is 0.872. The minimum absolute atomic E-state index is 0.0159. The Morgan fingerprint density at radius 2 is 2.05 bits per heavy atom. The van der Waals surface area contributed by atoms with Crippen LogP contribution in [0.3, 0.4) is 0 Å². The van der Waals surface area contributed by atoms with E-state index < -0.39 is 41.2 Å². The maximum absolute atomic E-state index is 13.6. The predicted molar refractivity (Wildman–Crippen MR) is 62.2 cm³/mol. The van der Waals surface area contributed by atoms with Gasteiger partial charge in [-0.25, -0.2) is 8.78 Å². The first-order valence-electron chi connectivity index (χ1n) is 6.19. The lowest BCUT2D eigenvalue weighted by molar-refractivity contribution is -0.165. The van der Waals surface area contributed by atoms with E-state index in [0.717, 1.165) is 12.1 Å². The standard InChI is InChI=1S/C13H12F5NO2/c14-9-3-1-2-8(10(9)15)11(13(16,17)18)19-12(20)7-4-5-21-6-7/h1-3,7,11H,4-6H2,(H,19,20)/t7-,11-/m1/s1. The summed E-state index contributed by atoms with van der Waals surface area (Å²) in [4.78, 5) is 11.8. The summed E-state index contributed by atoms with van der Waals surface area (Å²) in [5.74, 6) is -4.63. The summed E-state index contributed by atoms with van der Waals surface area (Å²) in [6.45, 7) is 0.297. The first-order valence-corrected chi connectivity index (χ1v) is 6.19. The van der Waals surface area contributed by atoms with Crippen molar-refractivity contribution >= 4 is 5.91 Å². The maximum Gasteiger partial charge on any atom is 0.412 e. The van der Waals surface area contributed by atoms with Gasteiger partial charge in [0, 0.05) is 12.2 Å². The van der Waals surface area contributed by atoms with Crippen LogP contribution in [0.1, 0.15) is 18.0 Å². The smallest absolute Gasteiger partial charge is 0.381 e. The summed E-state index contributed by atoms with van der Waals surface area (Å²) in [6.07, 6.45) is -4.65. The van der Waals surface area contributed by atoms with Crippen molar-refractivity contribution in [2.45, 2.75) is 18.6 Å². The van der Waals surface area contributed by atoms with Crippen molar-refractivity contribution in [3.05, 3.63) is 35.4 Å². The fraction of sp³-hybridized carbons (Fsp3) is 0.462. The monoisotopic (exact) mass is 309 g/mol. The van der Waals surface area contributed by atoms with Crippen LogP contribution in [-0.4, -0.2) is 25.3 Å². The highest BCUT2D eigenvalue weighted by molar-refractivity contribution is 5.79. The van der Waals surface area contributed by atoms with Gasteiger partial charge in [0.15, 0.2) is 17.7 Å². The first-order chi connectivity index (χ1) is 9.80. The third-order valence-corrected chi connectivity index (χ3v) is 3.21. The Morgan fingerprint density at radius 3 is 2.62 bits per heavy atom. The fourth-order valence-electron chi connectivity index (χ4n) is 2.08. The second kappa shape index (κ2) is 5.97. The molecule has 1 aromatic carbocycles. The van der Waals surface area contributed by atoms with Crippen molar-refractivity contribution in [2.75, 3.05) is 13.2 Å². The Labute approximate surface area is 117 Å². The van der Waals surface area contributed by atoms with Crippen LogP contribution in [0.5, 0.6) is 0 Å². The molecule has 8 heteroatoms. The molecule has 0 aromatic heterocycles. The van der Waals surface area contributed by atoms with Crippen LogP contribution in [0.4, 0.5) is 22.0 Å². The lowest BCUT2D eigenvalue weighted by Crippen LogP contribution is -2.41. The second-order valence-electron chi connectivity index (χ2n) is 4.69. The highest BCUT2D eigenvalue weighted by atomic mass is 19.4. The van der Waals surface area contributed by atoms with E-state index >= 15 is 0 Å². The van der Waals surface area contributed by atoms with Gasteiger partial charge in [0.05, 0.1) is 12.5 Å². The SMILES string of the molecule is O=C(N[C@H](c1cccc(F)c1F)C(F)(F)F)[C@@H]1CCOC1. The Hall–Kier alpha value is -1.70. The Morgan fingerprint density at radius 1 is 1.33 bits per heavy atom. The zero-order chi connectivity index (χ0) is 15.6. The van der Waals surface area contributed by atoms with Crippen LogP contribution in [-0.2, 0) is 9.53 Å². The van der Waals surface area contributed by atoms with E-state index in [2.05, 4.69) is 0 Å². The average molecular weight is 309 g/mol. The predicted octanol–water partition coefficient (Wildman–Crippen LogP) is 2.72. The topological polar surface area (TPSA) is 38.3 Å². The molecule has 0 aliphatic carbocycles. The molecule has 1 aliphatic rings. The highest BCUT2D eigenvalue weighted by Gasteiger charge is 2.44. The van der Waals surface area contributed by atoms with E-state index in [9.17, 15) is 26.7 Å². The van der Waals surface area contributed by atoms with Gasteiger partial charge in [-0.3, -0.25) is 4.79 Å². The summed E-state index contributed by atoms with van der Waals surface area (Å²) in [5.41, 5.74) is -0.949. The average Bonchev–Trinajstić information content (AvgIpc) is 2.92. The molecule has 1 heterocycles. The molecule has 116 valence electrons. The minimum Gasteiger partial charge on any atom is -0.381 e. The number of nitrogens with one attached hydrogen (secondary N) is 1. The number of benzene rings is 1. The highest BCUT2D eigenvalue weighted by Crippen LogP contribution is 2.35. The van der Waals surface area contributed by atoms with Crippen molar-refractivity contribution in [2.24, 2.45) is 5.92 Å². The lowest BCUT2D eigenvalue weighted by atomic mass is 10.0. The molecule has 1 amide bonds. The third kappa shape index (κ3) is 3.49. The van der Waals surface area contributed by atoms with Gasteiger partial charge in [0.1, 0.15) is 0 Å². The van der Waals surface area contributed by atoms with Gasteiger partial charge >= 0.3 is 6.18 Å². The minimum atomic E-state index is -4.94. The molecule has 1 saturated heterocycles. The second-order valence-corrected chi connectivity index (χ2v) is 4.69. The van der Waals surface area contributed by atoms with Crippen LogP contribution >= 0.6 is 0 Å². The molecule has 21 heavy (non-hydrogen) atoms. The largest absolute Gasteiger partial charge is 0.412 e. The molecule has 2 rings (SSSR count). The maximum atomic E-state index is 13.6. The lowest BCUT2D eigenvalue weighted by Gasteiger charge is -2.23. The molecule has 0 bridgehead atoms. The van der Waals surface area contributed by atoms with Crippen molar-refractivity contribution in [3.8, 4) is 0 Å². The molecule has 1 aromatic rings. The number of hydrogen-bond donors (Lipinski definition) is 1. The fourth-order valence-corrected chi connectivity index (χ4v) is 2.08. The Bertz CT molecular complexity index is 526. The van der Waals surface area contributed by atoms with E-state index in [1.165, 1.54) is 0 Å². The molecule has 1 aliphatic heterocycles. The van der Waals surface area contributed by atoms with Crippen molar-refractivity contribution in [3.63, 3.8) is 0 Å². The van der Waals surface area contributed by atoms with Crippen LogP contribution < -0.4 is 5.32 Å². The summed E-state index contributed by atoms with van der Waals surface area (Å²) in [7, 11) is 0. The summed E-state index contributed by atoms with van der Waals surface area (Å²) < 4.78 is 70.7. The molecule has 0 saturated carbocycles. The van der Waals surface area contributed by atoms with Gasteiger partial charge in [-0.15, -0.1) is 0 Å².